The molecule has 0 unspecified atom stereocenters. The maximum atomic E-state index is 4.49. The van der Waals surface area contributed by atoms with E-state index < -0.39 is 0 Å². The van der Waals surface area contributed by atoms with Crippen molar-refractivity contribution in [1.29, 1.82) is 0 Å². The molecule has 3 aliphatic rings. The molecule has 5 heteroatoms. The second-order valence-electron chi connectivity index (χ2n) is 4.51. The van der Waals surface area contributed by atoms with E-state index in [0.29, 0.717) is 0 Å². The van der Waals surface area contributed by atoms with Crippen molar-refractivity contribution in [3.63, 3.8) is 0 Å². The second-order valence-corrected chi connectivity index (χ2v) is 4.51. The Labute approximate surface area is 107 Å². The van der Waals surface area contributed by atoms with Crippen LogP contribution >= 0.6 is 0 Å². The summed E-state index contributed by atoms with van der Waals surface area (Å²) in [5.74, 6) is 1.90. The number of nitrogens with zero attached hydrogens (tertiary/aromatic N) is 4. The summed E-state index contributed by atoms with van der Waals surface area (Å²) in [6, 6.07) is 0. The molecule has 0 aliphatic carbocycles. The van der Waals surface area contributed by atoms with Crippen molar-refractivity contribution in [1.82, 2.24) is 15.2 Å². The maximum Gasteiger partial charge on any atom is 0.199 e. The third-order valence-electron chi connectivity index (χ3n) is 3.13. The Morgan fingerprint density at radius 1 is 1.33 bits per heavy atom. The lowest BCUT2D eigenvalue weighted by atomic mass is 10.3. The summed E-state index contributed by atoms with van der Waals surface area (Å²) >= 11 is 0. The minimum atomic E-state index is 0.789. The molecule has 0 amide bonds. The fourth-order valence-electron chi connectivity index (χ4n) is 2.26. The fraction of sp³-hybridized carbons (Fsp3) is 0.462. The number of hydrazone groups is 1. The number of allylic oxidation sites excluding steroid dienone is 2. The smallest absolute Gasteiger partial charge is 0.199 e. The highest BCUT2D eigenvalue weighted by molar-refractivity contribution is 5.94. The van der Waals surface area contributed by atoms with Crippen LogP contribution in [0.5, 0.6) is 0 Å². The van der Waals surface area contributed by atoms with E-state index >= 15 is 0 Å². The van der Waals surface area contributed by atoms with Crippen LogP contribution in [0.2, 0.25) is 0 Å². The highest BCUT2D eigenvalue weighted by atomic mass is 15.6. The zero-order valence-electron chi connectivity index (χ0n) is 10.6. The van der Waals surface area contributed by atoms with Gasteiger partial charge in [-0.3, -0.25) is 0 Å². The molecule has 1 fully saturated rings. The summed E-state index contributed by atoms with van der Waals surface area (Å²) in [6.07, 6.45) is 6.77. The maximum absolute atomic E-state index is 4.49. The van der Waals surface area contributed by atoms with Gasteiger partial charge >= 0.3 is 0 Å². The van der Waals surface area contributed by atoms with Gasteiger partial charge in [0.05, 0.1) is 0 Å². The Hall–Kier alpha value is -1.84. The molecule has 0 radical (unpaired) electrons. The monoisotopic (exact) mass is 243 g/mol. The van der Waals surface area contributed by atoms with Gasteiger partial charge in [-0.25, -0.2) is 4.99 Å². The molecule has 0 aromatic rings. The van der Waals surface area contributed by atoms with E-state index in [0.717, 1.165) is 50.0 Å². The Morgan fingerprint density at radius 3 is 3.00 bits per heavy atom. The van der Waals surface area contributed by atoms with Crippen LogP contribution in [0.15, 0.2) is 39.6 Å². The first-order chi connectivity index (χ1) is 8.84. The van der Waals surface area contributed by atoms with E-state index in [1.165, 1.54) is 0 Å². The van der Waals surface area contributed by atoms with Crippen LogP contribution < -0.4 is 5.32 Å². The van der Waals surface area contributed by atoms with Crippen molar-refractivity contribution < 1.29 is 0 Å². The SMILES string of the molecule is CC1=NC2=C=CCC=NN2C(N2CCNCC2)=C1. The minimum Gasteiger partial charge on any atom is -0.354 e. The topological polar surface area (TPSA) is 43.2 Å². The lowest BCUT2D eigenvalue weighted by Gasteiger charge is -2.36. The number of nitrogens with one attached hydrogen (secondary N) is 1. The van der Waals surface area contributed by atoms with Gasteiger partial charge in [0.2, 0.25) is 0 Å². The molecule has 0 bridgehead atoms. The second kappa shape index (κ2) is 4.80. The van der Waals surface area contributed by atoms with Crippen molar-refractivity contribution in [2.75, 3.05) is 26.2 Å². The van der Waals surface area contributed by atoms with Crippen LogP contribution in [0, 0.1) is 0 Å². The van der Waals surface area contributed by atoms with Gasteiger partial charge in [-0.05, 0) is 13.0 Å². The van der Waals surface area contributed by atoms with Crippen molar-refractivity contribution >= 4 is 11.9 Å². The lowest BCUT2D eigenvalue weighted by Crippen LogP contribution is -2.46. The predicted molar refractivity (Wildman–Crippen MR) is 72.2 cm³/mol. The summed E-state index contributed by atoms with van der Waals surface area (Å²) in [7, 11) is 0. The number of piperazine rings is 1. The molecule has 0 saturated carbocycles. The van der Waals surface area contributed by atoms with Gasteiger partial charge in [0.1, 0.15) is 5.82 Å². The molecule has 1 N–H and O–H groups in total. The van der Waals surface area contributed by atoms with E-state index in [2.05, 4.69) is 32.1 Å². The zero-order chi connectivity index (χ0) is 12.4. The summed E-state index contributed by atoms with van der Waals surface area (Å²) in [5, 5.41) is 9.73. The first-order valence-electron chi connectivity index (χ1n) is 6.35. The number of rotatable bonds is 1. The van der Waals surface area contributed by atoms with E-state index in [4.69, 9.17) is 0 Å². The third kappa shape index (κ3) is 2.10. The van der Waals surface area contributed by atoms with E-state index in [9.17, 15) is 0 Å². The first kappa shape index (κ1) is 11.3. The summed E-state index contributed by atoms with van der Waals surface area (Å²) < 4.78 is 0. The number of fused-ring (bicyclic) bond motifs is 1. The van der Waals surface area contributed by atoms with E-state index in [1.54, 1.807) is 0 Å². The van der Waals surface area contributed by atoms with Gasteiger partial charge in [-0.15, -0.1) is 0 Å². The molecule has 3 rings (SSSR count). The van der Waals surface area contributed by atoms with Crippen LogP contribution in [0.25, 0.3) is 0 Å². The van der Waals surface area contributed by atoms with Crippen LogP contribution in [-0.2, 0) is 0 Å². The van der Waals surface area contributed by atoms with E-state index in [1.807, 2.05) is 24.2 Å². The molecular formula is C13H17N5. The van der Waals surface area contributed by atoms with Crippen molar-refractivity contribution in [3.8, 4) is 0 Å². The molecule has 0 spiro atoms. The molecule has 94 valence electrons. The number of hydrogen-bond acceptors (Lipinski definition) is 5. The molecule has 0 aromatic heterocycles. The minimum absolute atomic E-state index is 0.789. The lowest BCUT2D eigenvalue weighted by molar-refractivity contribution is 0.220. The molecule has 3 aliphatic heterocycles. The van der Waals surface area contributed by atoms with Gasteiger partial charge in [-0.2, -0.15) is 10.1 Å². The Balaban J connectivity index is 1.96. The summed E-state index contributed by atoms with van der Waals surface area (Å²) in [5.41, 5.74) is 4.21. The Bertz CT molecular complexity index is 488. The third-order valence-corrected chi connectivity index (χ3v) is 3.13. The first-order valence-corrected chi connectivity index (χ1v) is 6.35. The zero-order valence-corrected chi connectivity index (χ0v) is 10.6. The van der Waals surface area contributed by atoms with Gasteiger partial charge in [0, 0.05) is 50.6 Å². The average molecular weight is 243 g/mol. The molecule has 3 heterocycles. The number of aliphatic imine (C=N–C) groups is 1. The van der Waals surface area contributed by atoms with Crippen LogP contribution in [0.4, 0.5) is 0 Å². The molecule has 0 atom stereocenters. The molecular weight excluding hydrogens is 226 g/mol. The van der Waals surface area contributed by atoms with Crippen molar-refractivity contribution in [2.45, 2.75) is 13.3 Å². The quantitative estimate of drug-likeness (QED) is 0.696. The van der Waals surface area contributed by atoms with E-state index in [-0.39, 0.29) is 0 Å². The van der Waals surface area contributed by atoms with Crippen molar-refractivity contribution in [3.05, 3.63) is 29.5 Å². The standard InChI is InChI=1S/C13H17N5/c1-11-10-13(17-8-6-14-7-9-17)18-12(16-11)4-2-3-5-15-18/h2,5,10,14H,3,6-9H2,1H3. The van der Waals surface area contributed by atoms with Crippen molar-refractivity contribution in [2.24, 2.45) is 10.1 Å². The molecule has 18 heavy (non-hydrogen) atoms. The molecule has 5 nitrogen and oxygen atoms in total. The predicted octanol–water partition coefficient (Wildman–Crippen LogP) is 0.895. The van der Waals surface area contributed by atoms with Crippen LogP contribution in [0.1, 0.15) is 13.3 Å². The summed E-state index contributed by atoms with van der Waals surface area (Å²) in [6.45, 7) is 6.05. The fourth-order valence-corrected chi connectivity index (χ4v) is 2.26. The Kier molecular flexibility index (Phi) is 3.00. The Morgan fingerprint density at radius 2 is 2.17 bits per heavy atom. The largest absolute Gasteiger partial charge is 0.354 e. The highest BCUT2D eigenvalue weighted by Crippen LogP contribution is 2.23. The number of hydrogen-bond donors (Lipinski definition) is 1. The summed E-state index contributed by atoms with van der Waals surface area (Å²) in [4.78, 5) is 6.84. The van der Waals surface area contributed by atoms with Crippen LogP contribution in [0.3, 0.4) is 0 Å². The molecule has 0 aromatic carbocycles. The van der Waals surface area contributed by atoms with Gasteiger partial charge in [0.15, 0.2) is 5.82 Å². The molecule has 1 saturated heterocycles. The van der Waals surface area contributed by atoms with Gasteiger partial charge < -0.3 is 10.2 Å². The normalized spacial score (nSPS) is 23.1. The average Bonchev–Trinajstić information content (AvgIpc) is 2.64. The highest BCUT2D eigenvalue weighted by Gasteiger charge is 2.24. The van der Waals surface area contributed by atoms with Crippen LogP contribution in [-0.4, -0.2) is 48.0 Å². The van der Waals surface area contributed by atoms with Gasteiger partial charge in [-0.1, -0.05) is 5.73 Å². The van der Waals surface area contributed by atoms with Gasteiger partial charge in [0.25, 0.3) is 0 Å².